The van der Waals surface area contributed by atoms with Gasteiger partial charge in [0.25, 0.3) is 0 Å². The van der Waals surface area contributed by atoms with Crippen LogP contribution < -0.4 is 4.74 Å². The molecule has 1 aliphatic heterocycles. The predicted octanol–water partition coefficient (Wildman–Crippen LogP) is 3.09. The highest BCUT2D eigenvalue weighted by Crippen LogP contribution is 2.25. The smallest absolute Gasteiger partial charge is 0.373 e. The van der Waals surface area contributed by atoms with Crippen LogP contribution >= 0.6 is 0 Å². The van der Waals surface area contributed by atoms with Crippen molar-refractivity contribution in [3.8, 4) is 17.2 Å². The summed E-state index contributed by atoms with van der Waals surface area (Å²) in [5, 5.41) is 9.30. The third kappa shape index (κ3) is 3.74. The zero-order chi connectivity index (χ0) is 16.9. The number of aromatic nitrogens is 1. The summed E-state index contributed by atoms with van der Waals surface area (Å²) in [5.41, 5.74) is 0.918. The van der Waals surface area contributed by atoms with E-state index < -0.39 is 5.97 Å². The standard InChI is InChI=1S/C17H19NO6/c1-21-12-7-5-11(6-8-12)16-18-13(15(24-16)17(19)20)10-23-14-4-2-3-9-22-14/h5-8,14H,2-4,9-10H2,1H3,(H,19,20). The van der Waals surface area contributed by atoms with Crippen LogP contribution in [0.5, 0.6) is 5.75 Å². The summed E-state index contributed by atoms with van der Waals surface area (Å²) in [6.07, 6.45) is 2.53. The lowest BCUT2D eigenvalue weighted by molar-refractivity contribution is -0.169. The fourth-order valence-electron chi connectivity index (χ4n) is 2.49. The van der Waals surface area contributed by atoms with Crippen LogP contribution in [0.3, 0.4) is 0 Å². The molecule has 1 fully saturated rings. The number of hydrogen-bond acceptors (Lipinski definition) is 6. The average Bonchev–Trinajstić information content (AvgIpc) is 3.05. The fourth-order valence-corrected chi connectivity index (χ4v) is 2.49. The first-order valence-corrected chi connectivity index (χ1v) is 7.78. The second kappa shape index (κ2) is 7.46. The molecule has 1 aromatic carbocycles. The van der Waals surface area contributed by atoms with Gasteiger partial charge in [0.05, 0.1) is 13.7 Å². The summed E-state index contributed by atoms with van der Waals surface area (Å²) in [7, 11) is 1.57. The number of carboxylic acids is 1. The van der Waals surface area contributed by atoms with Crippen molar-refractivity contribution in [3.05, 3.63) is 35.7 Å². The molecule has 0 spiro atoms. The first-order chi connectivity index (χ1) is 11.7. The zero-order valence-corrected chi connectivity index (χ0v) is 13.4. The van der Waals surface area contributed by atoms with E-state index in [1.54, 1.807) is 31.4 Å². The number of rotatable bonds is 6. The van der Waals surface area contributed by atoms with Gasteiger partial charge in [-0.05, 0) is 43.5 Å². The maximum absolute atomic E-state index is 11.4. The number of carbonyl (C=O) groups is 1. The Kier molecular flexibility index (Phi) is 5.12. The molecule has 2 aromatic rings. The minimum Gasteiger partial charge on any atom is -0.497 e. The van der Waals surface area contributed by atoms with Gasteiger partial charge in [-0.3, -0.25) is 0 Å². The summed E-state index contributed by atoms with van der Waals surface area (Å²) in [4.78, 5) is 15.7. The Bertz CT molecular complexity index is 688. The highest BCUT2D eigenvalue weighted by molar-refractivity contribution is 5.86. The Morgan fingerprint density at radius 3 is 2.75 bits per heavy atom. The van der Waals surface area contributed by atoms with E-state index in [1.807, 2.05) is 0 Å². The van der Waals surface area contributed by atoms with E-state index in [0.29, 0.717) is 17.9 Å². The molecule has 0 amide bonds. The predicted molar refractivity (Wildman–Crippen MR) is 83.8 cm³/mol. The normalized spacial score (nSPS) is 17.6. The number of methoxy groups -OCH3 is 1. The van der Waals surface area contributed by atoms with E-state index in [9.17, 15) is 9.90 Å². The number of aromatic carboxylic acids is 1. The molecule has 24 heavy (non-hydrogen) atoms. The SMILES string of the molecule is COc1ccc(-c2nc(COC3CCCCO3)c(C(=O)O)o2)cc1. The van der Waals surface area contributed by atoms with E-state index in [1.165, 1.54) is 0 Å². The third-order valence-corrected chi connectivity index (χ3v) is 3.77. The van der Waals surface area contributed by atoms with Crippen LogP contribution in [0.2, 0.25) is 0 Å². The number of nitrogens with zero attached hydrogens (tertiary/aromatic N) is 1. The molecule has 1 unspecified atom stereocenters. The van der Waals surface area contributed by atoms with Gasteiger partial charge in [-0.1, -0.05) is 0 Å². The maximum atomic E-state index is 11.4. The molecule has 1 N–H and O–H groups in total. The lowest BCUT2D eigenvalue weighted by atomic mass is 10.2. The highest BCUT2D eigenvalue weighted by atomic mass is 16.7. The van der Waals surface area contributed by atoms with Crippen LogP contribution in [0.1, 0.15) is 35.5 Å². The minimum atomic E-state index is -1.18. The van der Waals surface area contributed by atoms with E-state index in [2.05, 4.69) is 4.98 Å². The fraction of sp³-hybridized carbons (Fsp3) is 0.412. The van der Waals surface area contributed by atoms with E-state index >= 15 is 0 Å². The van der Waals surface area contributed by atoms with Crippen molar-refractivity contribution in [1.82, 2.24) is 4.98 Å². The number of carboxylic acid groups (broad SMARTS) is 1. The Hall–Kier alpha value is -2.38. The molecule has 0 saturated carbocycles. The van der Waals surface area contributed by atoms with Gasteiger partial charge >= 0.3 is 5.97 Å². The molecule has 3 rings (SSSR count). The molecular weight excluding hydrogens is 314 g/mol. The summed E-state index contributed by atoms with van der Waals surface area (Å²) in [6, 6.07) is 7.02. The van der Waals surface area contributed by atoms with Gasteiger partial charge in [-0.25, -0.2) is 9.78 Å². The van der Waals surface area contributed by atoms with Gasteiger partial charge in [0.2, 0.25) is 11.7 Å². The summed E-state index contributed by atoms with van der Waals surface area (Å²) >= 11 is 0. The van der Waals surface area contributed by atoms with Gasteiger partial charge < -0.3 is 23.7 Å². The minimum absolute atomic E-state index is 0.0337. The van der Waals surface area contributed by atoms with Crippen molar-refractivity contribution in [2.75, 3.05) is 13.7 Å². The largest absolute Gasteiger partial charge is 0.497 e. The van der Waals surface area contributed by atoms with E-state index in [4.69, 9.17) is 18.6 Å². The number of ether oxygens (including phenoxy) is 3. The summed E-state index contributed by atoms with van der Waals surface area (Å²) in [5.74, 6) is -0.456. The molecular formula is C17H19NO6. The van der Waals surface area contributed by atoms with Crippen molar-refractivity contribution in [2.24, 2.45) is 0 Å². The summed E-state index contributed by atoms with van der Waals surface area (Å²) < 4.78 is 21.6. The van der Waals surface area contributed by atoms with Gasteiger partial charge in [0, 0.05) is 12.2 Å². The Morgan fingerprint density at radius 1 is 1.33 bits per heavy atom. The van der Waals surface area contributed by atoms with Gasteiger partial charge in [-0.2, -0.15) is 0 Å². The Balaban J connectivity index is 1.77. The molecule has 0 aliphatic carbocycles. The second-order valence-electron chi connectivity index (χ2n) is 5.44. The highest BCUT2D eigenvalue weighted by Gasteiger charge is 2.22. The number of benzene rings is 1. The first kappa shape index (κ1) is 16.5. The van der Waals surface area contributed by atoms with Gasteiger partial charge in [0.15, 0.2) is 6.29 Å². The lowest BCUT2D eigenvalue weighted by Gasteiger charge is -2.22. The van der Waals surface area contributed by atoms with Crippen LogP contribution in [0.15, 0.2) is 28.7 Å². The van der Waals surface area contributed by atoms with Gasteiger partial charge in [-0.15, -0.1) is 0 Å². The third-order valence-electron chi connectivity index (χ3n) is 3.77. The first-order valence-electron chi connectivity index (χ1n) is 7.78. The van der Waals surface area contributed by atoms with Crippen molar-refractivity contribution in [2.45, 2.75) is 32.2 Å². The monoisotopic (exact) mass is 333 g/mol. The molecule has 7 nitrogen and oxygen atoms in total. The molecule has 7 heteroatoms. The van der Waals surface area contributed by atoms with Crippen molar-refractivity contribution < 1.29 is 28.5 Å². The molecule has 1 saturated heterocycles. The van der Waals surface area contributed by atoms with Gasteiger partial charge in [0.1, 0.15) is 11.4 Å². The molecule has 1 atom stereocenters. The van der Waals surface area contributed by atoms with E-state index in [-0.39, 0.29) is 30.2 Å². The maximum Gasteiger partial charge on any atom is 0.373 e. The topological polar surface area (TPSA) is 91.0 Å². The van der Waals surface area contributed by atoms with Crippen LogP contribution in [-0.4, -0.2) is 36.1 Å². The molecule has 0 bridgehead atoms. The second-order valence-corrected chi connectivity index (χ2v) is 5.44. The molecule has 2 heterocycles. The molecule has 0 radical (unpaired) electrons. The Labute approximate surface area is 139 Å². The van der Waals surface area contributed by atoms with Crippen LogP contribution in [0.25, 0.3) is 11.5 Å². The Morgan fingerprint density at radius 2 is 2.12 bits per heavy atom. The molecule has 1 aliphatic rings. The molecule has 1 aromatic heterocycles. The summed E-state index contributed by atoms with van der Waals surface area (Å²) in [6.45, 7) is 0.693. The van der Waals surface area contributed by atoms with Crippen molar-refractivity contribution in [3.63, 3.8) is 0 Å². The molecule has 128 valence electrons. The quantitative estimate of drug-likeness (QED) is 0.868. The van der Waals surface area contributed by atoms with Crippen molar-refractivity contribution >= 4 is 5.97 Å². The van der Waals surface area contributed by atoms with Crippen LogP contribution in [0, 0.1) is 0 Å². The van der Waals surface area contributed by atoms with Crippen molar-refractivity contribution in [1.29, 1.82) is 0 Å². The lowest BCUT2D eigenvalue weighted by Crippen LogP contribution is -2.22. The number of oxazole rings is 1. The average molecular weight is 333 g/mol. The van der Waals surface area contributed by atoms with Crippen LogP contribution in [0.4, 0.5) is 0 Å². The zero-order valence-electron chi connectivity index (χ0n) is 13.4. The van der Waals surface area contributed by atoms with E-state index in [0.717, 1.165) is 19.3 Å². The number of hydrogen-bond donors (Lipinski definition) is 1. The van der Waals surface area contributed by atoms with Crippen LogP contribution in [-0.2, 0) is 16.1 Å².